The molecule has 4 unspecified atom stereocenters. The number of halogens is 1. The summed E-state index contributed by atoms with van der Waals surface area (Å²) in [5, 5.41) is 10.0. The van der Waals surface area contributed by atoms with Crippen molar-refractivity contribution in [3.63, 3.8) is 0 Å². The highest BCUT2D eigenvalue weighted by atomic mass is 19.1. The lowest BCUT2D eigenvalue weighted by molar-refractivity contribution is 0.121. The van der Waals surface area contributed by atoms with Crippen LogP contribution in [0.4, 0.5) is 4.39 Å². The van der Waals surface area contributed by atoms with E-state index in [1.807, 2.05) is 27.1 Å². The van der Waals surface area contributed by atoms with Crippen molar-refractivity contribution in [1.82, 2.24) is 9.80 Å². The average molecular weight is 295 g/mol. The van der Waals surface area contributed by atoms with Gasteiger partial charge in [-0.2, -0.15) is 0 Å². The Labute approximate surface area is 126 Å². The highest BCUT2D eigenvalue weighted by molar-refractivity contribution is 5.23. The third-order valence-corrected chi connectivity index (χ3v) is 4.09. The minimum absolute atomic E-state index is 0.186. The summed E-state index contributed by atoms with van der Waals surface area (Å²) in [5.74, 6) is -0.232. The number of rotatable bonds is 5. The first-order chi connectivity index (χ1) is 9.90. The van der Waals surface area contributed by atoms with Crippen LogP contribution in [-0.2, 0) is 0 Å². The van der Waals surface area contributed by atoms with Gasteiger partial charge in [0.05, 0.1) is 12.1 Å². The molecule has 5 heteroatoms. The quantitative estimate of drug-likeness (QED) is 0.857. The van der Waals surface area contributed by atoms with Gasteiger partial charge in [0.15, 0.2) is 0 Å². The summed E-state index contributed by atoms with van der Waals surface area (Å²) in [7, 11) is 4.01. The summed E-state index contributed by atoms with van der Waals surface area (Å²) >= 11 is 0. The highest BCUT2D eigenvalue weighted by Crippen LogP contribution is 2.33. The standard InChI is InChI=1S/C16H26FN3O/c1-11(18)16(14-6-4-5-7-15(14)17)20-10-13(21)8-12(20)9-19(2)3/h4-7,11-13,16,21H,8-10,18H2,1-3H3. The van der Waals surface area contributed by atoms with Crippen LogP contribution in [0.1, 0.15) is 24.9 Å². The molecule has 3 N–H and O–H groups in total. The van der Waals surface area contributed by atoms with Crippen molar-refractivity contribution < 1.29 is 9.50 Å². The first kappa shape index (κ1) is 16.4. The van der Waals surface area contributed by atoms with Gasteiger partial charge in [0.25, 0.3) is 0 Å². The lowest BCUT2D eigenvalue weighted by Crippen LogP contribution is -2.46. The third-order valence-electron chi connectivity index (χ3n) is 4.09. The number of likely N-dealkylation sites (N-methyl/N-ethyl adjacent to an activating group) is 1. The van der Waals surface area contributed by atoms with Crippen molar-refractivity contribution >= 4 is 0 Å². The van der Waals surface area contributed by atoms with E-state index in [0.29, 0.717) is 18.5 Å². The van der Waals surface area contributed by atoms with E-state index in [1.165, 1.54) is 6.07 Å². The molecule has 1 fully saturated rings. The van der Waals surface area contributed by atoms with Crippen LogP contribution in [0, 0.1) is 5.82 Å². The van der Waals surface area contributed by atoms with Crippen LogP contribution in [-0.4, -0.2) is 60.3 Å². The van der Waals surface area contributed by atoms with E-state index in [1.54, 1.807) is 12.1 Å². The van der Waals surface area contributed by atoms with Crippen molar-refractivity contribution in [2.24, 2.45) is 5.73 Å². The van der Waals surface area contributed by atoms with Crippen molar-refractivity contribution in [1.29, 1.82) is 0 Å². The van der Waals surface area contributed by atoms with Crippen LogP contribution in [0.2, 0.25) is 0 Å². The fraction of sp³-hybridized carbons (Fsp3) is 0.625. The number of nitrogens with zero attached hydrogens (tertiary/aromatic N) is 2. The van der Waals surface area contributed by atoms with E-state index in [2.05, 4.69) is 9.80 Å². The van der Waals surface area contributed by atoms with E-state index < -0.39 is 0 Å². The molecule has 2 rings (SSSR count). The van der Waals surface area contributed by atoms with Crippen molar-refractivity contribution in [3.05, 3.63) is 35.6 Å². The molecule has 0 bridgehead atoms. The second-order valence-corrected chi connectivity index (χ2v) is 6.33. The van der Waals surface area contributed by atoms with Gasteiger partial charge in [-0.3, -0.25) is 4.90 Å². The summed E-state index contributed by atoms with van der Waals surface area (Å²) in [4.78, 5) is 4.25. The highest BCUT2D eigenvalue weighted by Gasteiger charge is 2.38. The van der Waals surface area contributed by atoms with Crippen LogP contribution in [0.25, 0.3) is 0 Å². The van der Waals surface area contributed by atoms with Crippen molar-refractivity contribution in [2.45, 2.75) is 37.6 Å². The summed E-state index contributed by atoms with van der Waals surface area (Å²) in [6.45, 7) is 3.27. The first-order valence-electron chi connectivity index (χ1n) is 7.48. The first-order valence-corrected chi connectivity index (χ1v) is 7.48. The third kappa shape index (κ3) is 3.80. The molecular weight excluding hydrogens is 269 g/mol. The molecule has 0 aliphatic carbocycles. The lowest BCUT2D eigenvalue weighted by atomic mass is 9.97. The van der Waals surface area contributed by atoms with Crippen LogP contribution < -0.4 is 5.73 Å². The van der Waals surface area contributed by atoms with Crippen LogP contribution in [0.15, 0.2) is 24.3 Å². The van der Waals surface area contributed by atoms with E-state index in [-0.39, 0.29) is 30.0 Å². The van der Waals surface area contributed by atoms with Gasteiger partial charge in [0.1, 0.15) is 5.82 Å². The predicted molar refractivity (Wildman–Crippen MR) is 82.5 cm³/mol. The molecule has 1 aliphatic rings. The smallest absolute Gasteiger partial charge is 0.128 e. The van der Waals surface area contributed by atoms with Gasteiger partial charge in [-0.15, -0.1) is 0 Å². The molecule has 4 nitrogen and oxygen atoms in total. The van der Waals surface area contributed by atoms with Gasteiger partial charge in [0.2, 0.25) is 0 Å². The molecule has 0 radical (unpaired) electrons. The minimum atomic E-state index is -0.372. The van der Waals surface area contributed by atoms with Gasteiger partial charge >= 0.3 is 0 Å². The molecule has 21 heavy (non-hydrogen) atoms. The molecular formula is C16H26FN3O. The van der Waals surface area contributed by atoms with Crippen LogP contribution >= 0.6 is 0 Å². The molecule has 118 valence electrons. The SMILES string of the molecule is CC(N)C(c1ccccc1F)N1CC(O)CC1CN(C)C. The number of likely N-dealkylation sites (tertiary alicyclic amines) is 1. The zero-order chi connectivity index (χ0) is 15.6. The van der Waals surface area contributed by atoms with Crippen molar-refractivity contribution in [2.75, 3.05) is 27.2 Å². The second kappa shape index (κ2) is 6.83. The second-order valence-electron chi connectivity index (χ2n) is 6.33. The Kier molecular flexibility index (Phi) is 5.32. The largest absolute Gasteiger partial charge is 0.392 e. The maximum Gasteiger partial charge on any atom is 0.128 e. The number of nitrogens with two attached hydrogens (primary N) is 1. The Morgan fingerprint density at radius 2 is 2.10 bits per heavy atom. The molecule has 1 aliphatic heterocycles. The summed E-state index contributed by atoms with van der Waals surface area (Å²) in [6.07, 6.45) is 0.332. The monoisotopic (exact) mass is 295 g/mol. The number of β-amino-alcohol motifs (C(OH)–C–C–N with tert-alkyl or cyclic N) is 1. The van der Waals surface area contributed by atoms with E-state index in [9.17, 15) is 9.50 Å². The van der Waals surface area contributed by atoms with E-state index >= 15 is 0 Å². The Balaban J connectivity index is 2.31. The van der Waals surface area contributed by atoms with Gasteiger partial charge in [-0.05, 0) is 33.5 Å². The zero-order valence-electron chi connectivity index (χ0n) is 13.0. The van der Waals surface area contributed by atoms with Crippen molar-refractivity contribution in [3.8, 4) is 0 Å². The summed E-state index contributed by atoms with van der Waals surface area (Å²) in [5.41, 5.74) is 6.77. The molecule has 4 atom stereocenters. The molecule has 0 amide bonds. The zero-order valence-corrected chi connectivity index (χ0v) is 13.0. The van der Waals surface area contributed by atoms with Gasteiger partial charge in [-0.25, -0.2) is 4.39 Å². The molecule has 1 aromatic carbocycles. The average Bonchev–Trinajstić information content (AvgIpc) is 2.71. The van der Waals surface area contributed by atoms with Gasteiger partial charge < -0.3 is 15.7 Å². The number of benzene rings is 1. The Hall–Kier alpha value is -1.01. The molecule has 0 aromatic heterocycles. The Bertz CT molecular complexity index is 467. The predicted octanol–water partition coefficient (Wildman–Crippen LogP) is 1.21. The van der Waals surface area contributed by atoms with E-state index in [4.69, 9.17) is 5.73 Å². The molecule has 0 spiro atoms. The molecule has 1 saturated heterocycles. The minimum Gasteiger partial charge on any atom is -0.392 e. The number of hydrogen-bond donors (Lipinski definition) is 2. The number of aliphatic hydroxyl groups is 1. The topological polar surface area (TPSA) is 52.7 Å². The maximum atomic E-state index is 14.2. The van der Waals surface area contributed by atoms with Gasteiger partial charge in [-0.1, -0.05) is 18.2 Å². The summed E-state index contributed by atoms with van der Waals surface area (Å²) in [6, 6.07) is 6.55. The molecule has 0 saturated carbocycles. The molecule has 1 heterocycles. The fourth-order valence-electron chi connectivity index (χ4n) is 3.34. The Morgan fingerprint density at radius 1 is 1.43 bits per heavy atom. The maximum absolute atomic E-state index is 14.2. The van der Waals surface area contributed by atoms with Gasteiger partial charge in [0, 0.05) is 30.7 Å². The summed E-state index contributed by atoms with van der Waals surface area (Å²) < 4.78 is 14.2. The Morgan fingerprint density at radius 3 is 2.67 bits per heavy atom. The van der Waals surface area contributed by atoms with Crippen LogP contribution in [0.3, 0.4) is 0 Å². The number of hydrogen-bond acceptors (Lipinski definition) is 4. The number of aliphatic hydroxyl groups excluding tert-OH is 1. The van der Waals surface area contributed by atoms with Crippen LogP contribution in [0.5, 0.6) is 0 Å². The van der Waals surface area contributed by atoms with E-state index in [0.717, 1.165) is 6.54 Å². The lowest BCUT2D eigenvalue weighted by Gasteiger charge is -2.36. The normalized spacial score (nSPS) is 26.2. The fourth-order valence-corrected chi connectivity index (χ4v) is 3.34. The molecule has 1 aromatic rings.